The normalized spacial score (nSPS) is 11.7. The van der Waals surface area contributed by atoms with Crippen molar-refractivity contribution >= 4 is 23.7 Å². The number of nitrogens with one attached hydrogen (secondary N) is 1. The second kappa shape index (κ2) is 5.82. The number of carbonyl (C=O) groups is 3. The van der Waals surface area contributed by atoms with E-state index >= 15 is 0 Å². The molecule has 1 atom stereocenters. The van der Waals surface area contributed by atoms with Crippen LogP contribution in [-0.4, -0.2) is 43.6 Å². The highest BCUT2D eigenvalue weighted by molar-refractivity contribution is 5.96. The van der Waals surface area contributed by atoms with Crippen LogP contribution >= 0.6 is 0 Å². The molecule has 20 heavy (non-hydrogen) atoms. The SMILES string of the molecule is Cn1c(C(=O)NC(CC(=O)O)C(=O)O)ccc1[N+](=O)[O-]. The van der Waals surface area contributed by atoms with Crippen LogP contribution in [0, 0.1) is 10.1 Å². The summed E-state index contributed by atoms with van der Waals surface area (Å²) in [5.41, 5.74) is -0.145. The van der Waals surface area contributed by atoms with Crippen LogP contribution in [0.4, 0.5) is 5.82 Å². The first-order valence-corrected chi connectivity index (χ1v) is 5.29. The Morgan fingerprint density at radius 1 is 1.40 bits per heavy atom. The largest absolute Gasteiger partial charge is 0.481 e. The summed E-state index contributed by atoms with van der Waals surface area (Å²) in [6, 6.07) is 0.614. The summed E-state index contributed by atoms with van der Waals surface area (Å²) in [6.45, 7) is 0. The highest BCUT2D eigenvalue weighted by Gasteiger charge is 2.27. The Morgan fingerprint density at radius 3 is 2.40 bits per heavy atom. The average Bonchev–Trinajstić information content (AvgIpc) is 2.69. The molecule has 0 aliphatic carbocycles. The number of nitro groups is 1. The zero-order chi connectivity index (χ0) is 15.4. The Kier molecular flexibility index (Phi) is 4.41. The molecule has 1 heterocycles. The van der Waals surface area contributed by atoms with Gasteiger partial charge < -0.3 is 25.6 Å². The number of nitrogens with zero attached hydrogens (tertiary/aromatic N) is 2. The number of aromatic nitrogens is 1. The number of carboxylic acid groups (broad SMARTS) is 2. The Hall–Kier alpha value is -2.91. The second-order valence-corrected chi connectivity index (χ2v) is 3.86. The maximum Gasteiger partial charge on any atom is 0.326 e. The van der Waals surface area contributed by atoms with Gasteiger partial charge in [-0.05, 0) is 11.0 Å². The fraction of sp³-hybridized carbons (Fsp3) is 0.300. The van der Waals surface area contributed by atoms with Crippen LogP contribution in [-0.2, 0) is 16.6 Å². The zero-order valence-corrected chi connectivity index (χ0v) is 10.3. The third-order valence-corrected chi connectivity index (χ3v) is 2.50. The summed E-state index contributed by atoms with van der Waals surface area (Å²) in [5.74, 6) is -4.16. The lowest BCUT2D eigenvalue weighted by molar-refractivity contribution is -0.391. The molecule has 0 spiro atoms. The second-order valence-electron chi connectivity index (χ2n) is 3.86. The lowest BCUT2D eigenvalue weighted by Gasteiger charge is -2.11. The summed E-state index contributed by atoms with van der Waals surface area (Å²) in [6.07, 6.45) is -0.798. The monoisotopic (exact) mass is 285 g/mol. The minimum Gasteiger partial charge on any atom is -0.481 e. The number of hydrogen-bond donors (Lipinski definition) is 3. The van der Waals surface area contributed by atoms with Gasteiger partial charge in [0.2, 0.25) is 0 Å². The number of rotatable bonds is 6. The van der Waals surface area contributed by atoms with E-state index in [2.05, 4.69) is 0 Å². The van der Waals surface area contributed by atoms with Gasteiger partial charge in [0.1, 0.15) is 6.04 Å². The molecule has 1 amide bonds. The summed E-state index contributed by atoms with van der Waals surface area (Å²) >= 11 is 0. The van der Waals surface area contributed by atoms with Gasteiger partial charge in [-0.15, -0.1) is 0 Å². The quantitative estimate of drug-likeness (QED) is 0.474. The highest BCUT2D eigenvalue weighted by Crippen LogP contribution is 2.15. The van der Waals surface area contributed by atoms with Crippen LogP contribution in [0.3, 0.4) is 0 Å². The van der Waals surface area contributed by atoms with Gasteiger partial charge in [0, 0.05) is 6.07 Å². The third kappa shape index (κ3) is 3.31. The summed E-state index contributed by atoms with van der Waals surface area (Å²) in [5, 5.41) is 29.9. The Morgan fingerprint density at radius 2 is 2.00 bits per heavy atom. The number of amides is 1. The van der Waals surface area contributed by atoms with Gasteiger partial charge in [-0.25, -0.2) is 9.36 Å². The standard InChI is InChI=1S/C10H11N3O7/c1-12-6(2-3-7(12)13(19)20)9(16)11-5(10(17)18)4-8(14)15/h2-3,5H,4H2,1H3,(H,11,16)(H,14,15)(H,17,18). The van der Waals surface area contributed by atoms with Crippen molar-refractivity contribution in [2.24, 2.45) is 7.05 Å². The number of carbonyl (C=O) groups excluding carboxylic acids is 1. The highest BCUT2D eigenvalue weighted by atomic mass is 16.6. The van der Waals surface area contributed by atoms with Crippen molar-refractivity contribution in [2.75, 3.05) is 0 Å². The molecule has 3 N–H and O–H groups in total. The van der Waals surface area contributed by atoms with Gasteiger partial charge in [-0.3, -0.25) is 9.59 Å². The predicted octanol–water partition coefficient (Wildman–Crippen LogP) is -0.409. The first kappa shape index (κ1) is 15.1. The van der Waals surface area contributed by atoms with Crippen LogP contribution in [0.1, 0.15) is 16.9 Å². The smallest absolute Gasteiger partial charge is 0.326 e. The van der Waals surface area contributed by atoms with Gasteiger partial charge in [0.05, 0.1) is 13.5 Å². The van der Waals surface area contributed by atoms with Crippen LogP contribution in [0.15, 0.2) is 12.1 Å². The van der Waals surface area contributed by atoms with E-state index in [1.807, 2.05) is 5.32 Å². The van der Waals surface area contributed by atoms with Crippen molar-refractivity contribution in [2.45, 2.75) is 12.5 Å². The van der Waals surface area contributed by atoms with Crippen LogP contribution in [0.2, 0.25) is 0 Å². The summed E-state index contributed by atoms with van der Waals surface area (Å²) in [4.78, 5) is 43.0. The maximum atomic E-state index is 11.8. The first-order chi connectivity index (χ1) is 9.23. The fourth-order valence-corrected chi connectivity index (χ4v) is 1.52. The molecule has 0 fully saturated rings. The molecule has 0 aliphatic rings. The maximum absolute atomic E-state index is 11.8. The van der Waals surface area contributed by atoms with E-state index in [1.54, 1.807) is 0 Å². The van der Waals surface area contributed by atoms with Crippen molar-refractivity contribution in [3.63, 3.8) is 0 Å². The number of hydrogen-bond acceptors (Lipinski definition) is 5. The molecule has 1 aromatic rings. The van der Waals surface area contributed by atoms with Gasteiger partial charge >= 0.3 is 17.8 Å². The van der Waals surface area contributed by atoms with E-state index < -0.39 is 35.2 Å². The number of aliphatic carboxylic acids is 2. The van der Waals surface area contributed by atoms with E-state index in [9.17, 15) is 24.5 Å². The minimum absolute atomic E-state index is 0.145. The van der Waals surface area contributed by atoms with Crippen LogP contribution in [0.5, 0.6) is 0 Å². The Labute approximate surface area is 111 Å². The van der Waals surface area contributed by atoms with E-state index in [4.69, 9.17) is 10.2 Å². The van der Waals surface area contributed by atoms with Crippen molar-refractivity contribution < 1.29 is 29.5 Å². The zero-order valence-electron chi connectivity index (χ0n) is 10.3. The molecule has 10 heteroatoms. The lowest BCUT2D eigenvalue weighted by atomic mass is 10.2. The molecular weight excluding hydrogens is 274 g/mol. The lowest BCUT2D eigenvalue weighted by Crippen LogP contribution is -2.42. The third-order valence-electron chi connectivity index (χ3n) is 2.50. The molecule has 0 saturated heterocycles. The molecule has 1 rings (SSSR count). The molecule has 0 radical (unpaired) electrons. The van der Waals surface area contributed by atoms with E-state index in [0.717, 1.165) is 16.7 Å². The number of carboxylic acids is 2. The molecular formula is C10H11N3O7. The van der Waals surface area contributed by atoms with Crippen molar-refractivity contribution in [1.82, 2.24) is 9.88 Å². The molecule has 1 aromatic heterocycles. The Balaban J connectivity index is 2.92. The molecule has 0 saturated carbocycles. The molecule has 0 aliphatic heterocycles. The van der Waals surface area contributed by atoms with Gasteiger partial charge in [0.15, 0.2) is 5.69 Å². The molecule has 10 nitrogen and oxygen atoms in total. The van der Waals surface area contributed by atoms with E-state index in [0.29, 0.717) is 0 Å². The predicted molar refractivity (Wildman–Crippen MR) is 63.2 cm³/mol. The van der Waals surface area contributed by atoms with E-state index in [-0.39, 0.29) is 11.5 Å². The minimum atomic E-state index is -1.62. The van der Waals surface area contributed by atoms with Crippen LogP contribution in [0.25, 0.3) is 0 Å². The van der Waals surface area contributed by atoms with Crippen molar-refractivity contribution in [1.29, 1.82) is 0 Å². The van der Waals surface area contributed by atoms with Crippen molar-refractivity contribution in [3.8, 4) is 0 Å². The summed E-state index contributed by atoms with van der Waals surface area (Å²) < 4.78 is 0.967. The van der Waals surface area contributed by atoms with Crippen molar-refractivity contribution in [3.05, 3.63) is 27.9 Å². The van der Waals surface area contributed by atoms with Gasteiger partial charge in [-0.1, -0.05) is 0 Å². The first-order valence-electron chi connectivity index (χ1n) is 5.29. The fourth-order valence-electron chi connectivity index (χ4n) is 1.52. The average molecular weight is 285 g/mol. The molecule has 0 bridgehead atoms. The van der Waals surface area contributed by atoms with Crippen LogP contribution < -0.4 is 5.32 Å². The molecule has 0 aromatic carbocycles. The Bertz CT molecular complexity index is 577. The van der Waals surface area contributed by atoms with Gasteiger partial charge in [0.25, 0.3) is 5.91 Å². The molecule has 1 unspecified atom stereocenters. The van der Waals surface area contributed by atoms with E-state index in [1.165, 1.54) is 7.05 Å². The topological polar surface area (TPSA) is 152 Å². The molecule has 108 valence electrons. The summed E-state index contributed by atoms with van der Waals surface area (Å²) in [7, 11) is 1.26. The van der Waals surface area contributed by atoms with Gasteiger partial charge in [-0.2, -0.15) is 0 Å².